The van der Waals surface area contributed by atoms with Crippen LogP contribution in [-0.4, -0.2) is 50.2 Å². The van der Waals surface area contributed by atoms with Gasteiger partial charge in [-0.3, -0.25) is 0 Å². The zero-order valence-electron chi connectivity index (χ0n) is 14.7. The van der Waals surface area contributed by atoms with E-state index in [-0.39, 0.29) is 5.82 Å². The van der Waals surface area contributed by atoms with Crippen LogP contribution in [0.3, 0.4) is 0 Å². The normalized spacial score (nSPS) is 14.4. The second kappa shape index (κ2) is 6.93. The molecule has 2 aromatic rings. The average Bonchev–Trinajstić information content (AvgIpc) is 2.61. The van der Waals surface area contributed by atoms with Crippen LogP contribution in [0.2, 0.25) is 0 Å². The number of aryl methyl sites for hydroxylation is 1. The van der Waals surface area contributed by atoms with Gasteiger partial charge < -0.3 is 14.7 Å². The topological polar surface area (TPSA) is 59.3 Å². The van der Waals surface area contributed by atoms with Gasteiger partial charge in [0.2, 0.25) is 5.95 Å². The Morgan fingerprint density at radius 3 is 2.44 bits per heavy atom. The Bertz CT molecular complexity index is 806. The predicted molar refractivity (Wildman–Crippen MR) is 96.6 cm³/mol. The molecular weight excluding hydrogens is 319 g/mol. The van der Waals surface area contributed by atoms with Crippen molar-refractivity contribution in [1.29, 1.82) is 5.26 Å². The molecule has 0 spiro atoms. The van der Waals surface area contributed by atoms with Gasteiger partial charge >= 0.3 is 0 Å². The molecule has 25 heavy (non-hydrogen) atoms. The summed E-state index contributed by atoms with van der Waals surface area (Å²) < 4.78 is 14.2. The standard InChI is InChI=1S/C18H21FN6/c1-13-11-16(23(2)3)22-18(21-13)25-9-7-24(8-10-25)17-14(12-20)5-4-6-15(17)19/h4-6,11H,7-10H2,1-3H3. The Labute approximate surface area is 147 Å². The summed E-state index contributed by atoms with van der Waals surface area (Å²) in [4.78, 5) is 15.1. The molecule has 7 heteroatoms. The van der Waals surface area contributed by atoms with Crippen LogP contribution in [0.1, 0.15) is 11.3 Å². The zero-order chi connectivity index (χ0) is 18.0. The molecule has 3 rings (SSSR count). The molecule has 0 bridgehead atoms. The number of nitriles is 1. The van der Waals surface area contributed by atoms with Gasteiger partial charge in [0.1, 0.15) is 17.7 Å². The molecule has 1 aliphatic heterocycles. The lowest BCUT2D eigenvalue weighted by atomic mass is 10.1. The van der Waals surface area contributed by atoms with E-state index >= 15 is 0 Å². The maximum Gasteiger partial charge on any atom is 0.227 e. The molecule has 130 valence electrons. The molecule has 0 saturated carbocycles. The van der Waals surface area contributed by atoms with E-state index in [2.05, 4.69) is 20.9 Å². The lowest BCUT2D eigenvalue weighted by Crippen LogP contribution is -2.47. The first-order chi connectivity index (χ1) is 12.0. The Hall–Kier alpha value is -2.88. The Kier molecular flexibility index (Phi) is 4.70. The fourth-order valence-corrected chi connectivity index (χ4v) is 2.96. The van der Waals surface area contributed by atoms with Crippen LogP contribution in [0.5, 0.6) is 0 Å². The molecule has 0 aliphatic carbocycles. The minimum absolute atomic E-state index is 0.353. The van der Waals surface area contributed by atoms with E-state index in [1.54, 1.807) is 12.1 Å². The minimum Gasteiger partial charge on any atom is -0.365 e. The molecule has 1 aliphatic rings. The third-order valence-corrected chi connectivity index (χ3v) is 4.27. The predicted octanol–water partition coefficient (Wildman–Crippen LogP) is 2.19. The monoisotopic (exact) mass is 340 g/mol. The third kappa shape index (κ3) is 3.48. The van der Waals surface area contributed by atoms with Crippen molar-refractivity contribution >= 4 is 17.5 Å². The lowest BCUT2D eigenvalue weighted by molar-refractivity contribution is 0.593. The number of benzene rings is 1. The van der Waals surface area contributed by atoms with Gasteiger partial charge in [-0.2, -0.15) is 10.2 Å². The van der Waals surface area contributed by atoms with Crippen molar-refractivity contribution in [3.05, 3.63) is 41.3 Å². The highest BCUT2D eigenvalue weighted by molar-refractivity contribution is 5.61. The number of hydrogen-bond acceptors (Lipinski definition) is 6. The van der Waals surface area contributed by atoms with E-state index in [0.29, 0.717) is 43.4 Å². The first-order valence-corrected chi connectivity index (χ1v) is 8.21. The molecule has 0 radical (unpaired) electrons. The summed E-state index contributed by atoms with van der Waals surface area (Å²) in [6.07, 6.45) is 0. The molecule has 1 fully saturated rings. The van der Waals surface area contributed by atoms with Crippen LogP contribution in [-0.2, 0) is 0 Å². The lowest BCUT2D eigenvalue weighted by Gasteiger charge is -2.36. The van der Waals surface area contributed by atoms with Crippen molar-refractivity contribution < 1.29 is 4.39 Å². The van der Waals surface area contributed by atoms with Crippen molar-refractivity contribution in [3.8, 4) is 6.07 Å². The van der Waals surface area contributed by atoms with Gasteiger partial charge in [-0.25, -0.2) is 9.37 Å². The van der Waals surface area contributed by atoms with E-state index in [9.17, 15) is 9.65 Å². The molecular formula is C18H21FN6. The van der Waals surface area contributed by atoms with E-state index < -0.39 is 0 Å². The molecule has 2 heterocycles. The van der Waals surface area contributed by atoms with Gasteiger partial charge in [0.05, 0.1) is 11.3 Å². The van der Waals surface area contributed by atoms with Crippen LogP contribution < -0.4 is 14.7 Å². The molecule has 6 nitrogen and oxygen atoms in total. The highest BCUT2D eigenvalue weighted by atomic mass is 19.1. The summed E-state index contributed by atoms with van der Waals surface area (Å²) in [5.41, 5.74) is 1.68. The van der Waals surface area contributed by atoms with Gasteiger partial charge in [-0.1, -0.05) is 6.07 Å². The van der Waals surface area contributed by atoms with Gasteiger partial charge in [0.15, 0.2) is 0 Å². The van der Waals surface area contributed by atoms with Gasteiger partial charge in [-0.05, 0) is 19.1 Å². The summed E-state index contributed by atoms with van der Waals surface area (Å²) in [6.45, 7) is 4.53. The Morgan fingerprint density at radius 2 is 1.80 bits per heavy atom. The van der Waals surface area contributed by atoms with Crippen LogP contribution in [0, 0.1) is 24.1 Å². The fraction of sp³-hybridized carbons (Fsp3) is 0.389. The van der Waals surface area contributed by atoms with E-state index in [4.69, 9.17) is 0 Å². The molecule has 1 aromatic carbocycles. The van der Waals surface area contributed by atoms with Gasteiger partial charge in [-0.15, -0.1) is 0 Å². The first-order valence-electron chi connectivity index (χ1n) is 8.21. The smallest absolute Gasteiger partial charge is 0.227 e. The number of anilines is 3. The Morgan fingerprint density at radius 1 is 1.12 bits per heavy atom. The second-order valence-electron chi connectivity index (χ2n) is 6.28. The third-order valence-electron chi connectivity index (χ3n) is 4.27. The van der Waals surface area contributed by atoms with Crippen LogP contribution in [0.15, 0.2) is 24.3 Å². The number of hydrogen-bond donors (Lipinski definition) is 0. The second-order valence-corrected chi connectivity index (χ2v) is 6.28. The first kappa shape index (κ1) is 17.0. The number of halogens is 1. The summed E-state index contributed by atoms with van der Waals surface area (Å²) in [5, 5.41) is 9.24. The van der Waals surface area contributed by atoms with Crippen molar-refractivity contribution in [2.45, 2.75) is 6.92 Å². The maximum absolute atomic E-state index is 14.2. The average molecular weight is 340 g/mol. The van der Waals surface area contributed by atoms with Crippen molar-refractivity contribution in [1.82, 2.24) is 9.97 Å². The SMILES string of the molecule is Cc1cc(N(C)C)nc(N2CCN(c3c(F)cccc3C#N)CC2)n1. The number of rotatable bonds is 3. The molecule has 0 unspecified atom stereocenters. The molecule has 1 saturated heterocycles. The van der Waals surface area contributed by atoms with Crippen LogP contribution in [0.25, 0.3) is 0 Å². The summed E-state index contributed by atoms with van der Waals surface area (Å²) >= 11 is 0. The minimum atomic E-state index is -0.353. The largest absolute Gasteiger partial charge is 0.365 e. The molecule has 0 N–H and O–H groups in total. The number of para-hydroxylation sites is 1. The van der Waals surface area contributed by atoms with Gasteiger partial charge in [0, 0.05) is 52.0 Å². The number of nitrogens with zero attached hydrogens (tertiary/aromatic N) is 6. The van der Waals surface area contributed by atoms with E-state index in [1.807, 2.05) is 36.9 Å². The van der Waals surface area contributed by atoms with Crippen LogP contribution in [0.4, 0.5) is 21.8 Å². The zero-order valence-corrected chi connectivity index (χ0v) is 14.7. The van der Waals surface area contributed by atoms with Gasteiger partial charge in [0.25, 0.3) is 0 Å². The fourth-order valence-electron chi connectivity index (χ4n) is 2.96. The highest BCUT2D eigenvalue weighted by Crippen LogP contribution is 2.26. The summed E-state index contributed by atoms with van der Waals surface area (Å²) in [5.74, 6) is 1.21. The van der Waals surface area contributed by atoms with Crippen molar-refractivity contribution in [2.75, 3.05) is 55.0 Å². The Balaban J connectivity index is 1.78. The van der Waals surface area contributed by atoms with Crippen molar-refractivity contribution in [2.24, 2.45) is 0 Å². The van der Waals surface area contributed by atoms with Crippen LogP contribution >= 0.6 is 0 Å². The number of piperazine rings is 1. The van der Waals surface area contributed by atoms with E-state index in [1.165, 1.54) is 6.07 Å². The highest BCUT2D eigenvalue weighted by Gasteiger charge is 2.23. The molecule has 1 aromatic heterocycles. The summed E-state index contributed by atoms with van der Waals surface area (Å²) in [6, 6.07) is 8.64. The summed E-state index contributed by atoms with van der Waals surface area (Å²) in [7, 11) is 3.90. The van der Waals surface area contributed by atoms with E-state index in [0.717, 1.165) is 11.5 Å². The quantitative estimate of drug-likeness (QED) is 0.854. The molecule has 0 amide bonds. The molecule has 0 atom stereocenters. The number of aromatic nitrogens is 2. The maximum atomic E-state index is 14.2. The van der Waals surface area contributed by atoms with Crippen molar-refractivity contribution in [3.63, 3.8) is 0 Å².